The van der Waals surface area contributed by atoms with Crippen molar-refractivity contribution < 1.29 is 23.5 Å². The van der Waals surface area contributed by atoms with E-state index in [2.05, 4.69) is 20.5 Å². The van der Waals surface area contributed by atoms with E-state index in [0.717, 1.165) is 11.1 Å². The lowest BCUT2D eigenvalue weighted by molar-refractivity contribution is 0.0240. The van der Waals surface area contributed by atoms with E-state index in [1.807, 2.05) is 33.0 Å². The largest absolute Gasteiger partial charge is 0.444 e. The minimum atomic E-state index is -0.557. The molecule has 0 radical (unpaired) electrons. The SMILES string of the molecule is Cc1cn2cc(NC(=O)c3ccc(N4CCN(C(=O)OC(C)(C)C)CC4)c4cn(C5COCN5)nc34)cc(F)c2n1. The van der Waals surface area contributed by atoms with Gasteiger partial charge in [-0.15, -0.1) is 0 Å². The van der Waals surface area contributed by atoms with E-state index in [0.29, 0.717) is 62.0 Å². The average molecular weight is 565 g/mol. The zero-order chi connectivity index (χ0) is 28.9. The van der Waals surface area contributed by atoms with Gasteiger partial charge in [-0.05, 0) is 39.8 Å². The molecular formula is C28H33FN8O4. The summed E-state index contributed by atoms with van der Waals surface area (Å²) in [6, 6.07) is 4.89. The third kappa shape index (κ3) is 5.42. The molecule has 216 valence electrons. The number of anilines is 2. The van der Waals surface area contributed by atoms with Crippen molar-refractivity contribution in [3.8, 4) is 0 Å². The van der Waals surface area contributed by atoms with Gasteiger partial charge in [0.2, 0.25) is 0 Å². The van der Waals surface area contributed by atoms with Crippen LogP contribution in [0.3, 0.4) is 0 Å². The lowest BCUT2D eigenvalue weighted by atomic mass is 10.1. The van der Waals surface area contributed by atoms with Crippen molar-refractivity contribution in [1.82, 2.24) is 29.4 Å². The molecule has 0 bridgehead atoms. The fourth-order valence-electron chi connectivity index (χ4n) is 5.18. The number of carbonyl (C=O) groups is 2. The fourth-order valence-corrected chi connectivity index (χ4v) is 5.18. The summed E-state index contributed by atoms with van der Waals surface area (Å²) in [5.74, 6) is -0.939. The number of ether oxygens (including phenoxy) is 2. The van der Waals surface area contributed by atoms with Gasteiger partial charge in [0.1, 0.15) is 17.3 Å². The maximum atomic E-state index is 14.7. The summed E-state index contributed by atoms with van der Waals surface area (Å²) >= 11 is 0. The Hall–Kier alpha value is -4.23. The summed E-state index contributed by atoms with van der Waals surface area (Å²) < 4.78 is 29.0. The number of carbonyl (C=O) groups excluding carboxylic acids is 2. The maximum absolute atomic E-state index is 14.7. The van der Waals surface area contributed by atoms with Crippen LogP contribution in [-0.2, 0) is 9.47 Å². The van der Waals surface area contributed by atoms with E-state index in [9.17, 15) is 14.0 Å². The van der Waals surface area contributed by atoms with Gasteiger partial charge in [0.05, 0.1) is 30.3 Å². The van der Waals surface area contributed by atoms with Crippen molar-refractivity contribution in [2.24, 2.45) is 0 Å². The standard InChI is InChI=1S/C28H33FN8O4/c1-17-12-36-13-18(11-21(29)25(36)31-17)32-26(38)19-5-6-22(20-14-37(33-24(19)20)23-15-40-16-30-23)34-7-9-35(10-8-34)27(39)41-28(2,3)4/h5-6,11-14,23,30H,7-10,15-16H2,1-4H3,(H,32,38). The van der Waals surface area contributed by atoms with Gasteiger partial charge in [-0.1, -0.05) is 0 Å². The van der Waals surface area contributed by atoms with Crippen molar-refractivity contribution in [2.75, 3.05) is 49.7 Å². The van der Waals surface area contributed by atoms with Crippen molar-refractivity contribution in [2.45, 2.75) is 39.5 Å². The van der Waals surface area contributed by atoms with Crippen molar-refractivity contribution in [3.63, 3.8) is 0 Å². The number of hydrogen-bond donors (Lipinski definition) is 2. The Bertz CT molecular complexity index is 1630. The number of rotatable bonds is 4. The van der Waals surface area contributed by atoms with Gasteiger partial charge < -0.3 is 29.0 Å². The van der Waals surface area contributed by atoms with Crippen molar-refractivity contribution >= 4 is 39.9 Å². The smallest absolute Gasteiger partial charge is 0.410 e. The molecule has 0 spiro atoms. The van der Waals surface area contributed by atoms with Crippen LogP contribution >= 0.6 is 0 Å². The number of pyridine rings is 1. The molecule has 0 aliphatic carbocycles. The zero-order valence-electron chi connectivity index (χ0n) is 23.5. The number of hydrogen-bond acceptors (Lipinski definition) is 8. The van der Waals surface area contributed by atoms with E-state index < -0.39 is 17.3 Å². The van der Waals surface area contributed by atoms with Crippen molar-refractivity contribution in [3.05, 3.63) is 53.9 Å². The first-order valence-corrected chi connectivity index (χ1v) is 13.6. The highest BCUT2D eigenvalue weighted by atomic mass is 19.1. The summed E-state index contributed by atoms with van der Waals surface area (Å²) in [7, 11) is 0. The Labute approximate surface area is 236 Å². The summed E-state index contributed by atoms with van der Waals surface area (Å²) in [4.78, 5) is 34.1. The number of imidazole rings is 1. The summed E-state index contributed by atoms with van der Waals surface area (Å²) in [5, 5.41) is 11.6. The van der Waals surface area contributed by atoms with Gasteiger partial charge in [0.25, 0.3) is 5.91 Å². The number of nitrogens with zero attached hydrogens (tertiary/aromatic N) is 6. The first-order chi connectivity index (χ1) is 19.6. The van der Waals surface area contributed by atoms with E-state index in [-0.39, 0.29) is 17.9 Å². The second kappa shape index (κ2) is 10.3. The Balaban J connectivity index is 1.29. The lowest BCUT2D eigenvalue weighted by Gasteiger charge is -2.37. The molecule has 2 saturated heterocycles. The molecule has 1 atom stereocenters. The van der Waals surface area contributed by atoms with Crippen LogP contribution in [0, 0.1) is 12.7 Å². The van der Waals surface area contributed by atoms with Crippen molar-refractivity contribution in [1.29, 1.82) is 0 Å². The van der Waals surface area contributed by atoms with Gasteiger partial charge >= 0.3 is 6.09 Å². The number of fused-ring (bicyclic) bond motifs is 2. The highest BCUT2D eigenvalue weighted by Crippen LogP contribution is 2.32. The maximum Gasteiger partial charge on any atom is 0.410 e. The molecule has 3 aromatic heterocycles. The third-order valence-electron chi connectivity index (χ3n) is 7.09. The highest BCUT2D eigenvalue weighted by molar-refractivity contribution is 6.14. The number of aromatic nitrogens is 4. The Morgan fingerprint density at radius 3 is 2.63 bits per heavy atom. The van der Waals surface area contributed by atoms with E-state index in [4.69, 9.17) is 14.6 Å². The van der Waals surface area contributed by atoms with Gasteiger partial charge in [-0.2, -0.15) is 5.10 Å². The Morgan fingerprint density at radius 2 is 1.93 bits per heavy atom. The predicted molar refractivity (Wildman–Crippen MR) is 151 cm³/mol. The molecule has 2 aliphatic rings. The average Bonchev–Trinajstić information content (AvgIpc) is 3.66. The van der Waals surface area contributed by atoms with Crippen LogP contribution in [-0.4, -0.2) is 81.2 Å². The van der Waals surface area contributed by atoms with Crippen LogP contribution in [0.25, 0.3) is 16.6 Å². The molecule has 0 saturated carbocycles. The molecule has 13 heteroatoms. The number of amides is 2. The van der Waals surface area contributed by atoms with Crippen LogP contribution < -0.4 is 15.5 Å². The summed E-state index contributed by atoms with van der Waals surface area (Å²) in [6.07, 6.45) is 4.74. The van der Waals surface area contributed by atoms with E-state index in [1.54, 1.807) is 39.4 Å². The van der Waals surface area contributed by atoms with Gasteiger partial charge in [-0.25, -0.2) is 14.2 Å². The third-order valence-corrected chi connectivity index (χ3v) is 7.09. The molecule has 2 N–H and O–H groups in total. The minimum Gasteiger partial charge on any atom is -0.444 e. The fraction of sp³-hybridized carbons (Fsp3) is 0.429. The van der Waals surface area contributed by atoms with Crippen LogP contribution in [0.5, 0.6) is 0 Å². The molecule has 5 heterocycles. The first-order valence-electron chi connectivity index (χ1n) is 13.6. The second-order valence-electron chi connectivity index (χ2n) is 11.3. The zero-order valence-corrected chi connectivity index (χ0v) is 23.5. The predicted octanol–water partition coefficient (Wildman–Crippen LogP) is 3.52. The Morgan fingerprint density at radius 1 is 1.15 bits per heavy atom. The topological polar surface area (TPSA) is 118 Å². The Kier molecular flexibility index (Phi) is 6.78. The van der Waals surface area contributed by atoms with E-state index in [1.165, 1.54) is 6.07 Å². The second-order valence-corrected chi connectivity index (χ2v) is 11.3. The first kappa shape index (κ1) is 27.0. The molecule has 6 rings (SSSR count). The molecule has 2 amide bonds. The van der Waals surface area contributed by atoms with Crippen LogP contribution in [0.2, 0.25) is 0 Å². The number of nitrogens with one attached hydrogen (secondary N) is 2. The van der Waals surface area contributed by atoms with E-state index >= 15 is 0 Å². The molecule has 4 aromatic rings. The molecule has 1 aromatic carbocycles. The molecule has 2 fully saturated rings. The molecule has 12 nitrogen and oxygen atoms in total. The number of piperazine rings is 1. The van der Waals surface area contributed by atoms with Gasteiger partial charge in [-0.3, -0.25) is 14.8 Å². The normalized spacial score (nSPS) is 17.9. The lowest BCUT2D eigenvalue weighted by Crippen LogP contribution is -2.50. The number of benzene rings is 1. The quantitative estimate of drug-likeness (QED) is 0.387. The van der Waals surface area contributed by atoms with Crippen LogP contribution in [0.15, 0.2) is 36.8 Å². The van der Waals surface area contributed by atoms with Crippen LogP contribution in [0.1, 0.15) is 43.0 Å². The summed E-state index contributed by atoms with van der Waals surface area (Å²) in [5.41, 5.74) is 2.40. The molecule has 1 unspecified atom stereocenters. The number of halogens is 1. The molecule has 41 heavy (non-hydrogen) atoms. The van der Waals surface area contributed by atoms with Gasteiger partial charge in [0.15, 0.2) is 11.5 Å². The minimum absolute atomic E-state index is 0.170. The van der Waals surface area contributed by atoms with Crippen LogP contribution in [0.4, 0.5) is 20.6 Å². The molecular weight excluding hydrogens is 531 g/mol. The molecule has 2 aliphatic heterocycles. The number of aryl methyl sites for hydroxylation is 1. The monoisotopic (exact) mass is 564 g/mol. The van der Waals surface area contributed by atoms with Gasteiger partial charge in [0, 0.05) is 61.9 Å². The summed E-state index contributed by atoms with van der Waals surface area (Å²) in [6.45, 7) is 10.4. The highest BCUT2D eigenvalue weighted by Gasteiger charge is 2.28.